The fraction of sp³-hybridized carbons (Fsp3) is 0.617. The summed E-state index contributed by atoms with van der Waals surface area (Å²) in [6.07, 6.45) is 3.75. The summed E-state index contributed by atoms with van der Waals surface area (Å²) in [6.45, 7) is 12.6. The summed E-state index contributed by atoms with van der Waals surface area (Å²) < 4.78 is 10.9. The lowest BCUT2D eigenvalue weighted by Crippen LogP contribution is -2.57. The van der Waals surface area contributed by atoms with E-state index in [1.165, 1.54) is 14.2 Å². The molecular formula is C47H71N5O9. The van der Waals surface area contributed by atoms with Gasteiger partial charge in [-0.1, -0.05) is 90.4 Å². The van der Waals surface area contributed by atoms with Gasteiger partial charge in [-0.05, 0) is 74.2 Å². The number of nitrogens with zero attached hydrogens (tertiary/aromatic N) is 3. The fourth-order valence-electron chi connectivity index (χ4n) is 8.50. The van der Waals surface area contributed by atoms with E-state index < -0.39 is 42.1 Å². The molecule has 0 aliphatic carbocycles. The number of carboxylic acids is 1. The normalized spacial score (nSPS) is 17.0. The van der Waals surface area contributed by atoms with E-state index in [9.17, 15) is 33.9 Å². The van der Waals surface area contributed by atoms with E-state index in [4.69, 9.17) is 9.47 Å². The van der Waals surface area contributed by atoms with Crippen molar-refractivity contribution in [3.8, 4) is 0 Å². The Morgan fingerprint density at radius 2 is 1.51 bits per heavy atom. The molecule has 3 rings (SSSR count). The van der Waals surface area contributed by atoms with Crippen LogP contribution in [0.4, 0.5) is 0 Å². The van der Waals surface area contributed by atoms with Crippen LogP contribution >= 0.6 is 0 Å². The highest BCUT2D eigenvalue weighted by atomic mass is 16.5. The van der Waals surface area contributed by atoms with Gasteiger partial charge in [0.15, 0.2) is 0 Å². The lowest BCUT2D eigenvalue weighted by molar-refractivity contribution is -0.147. The van der Waals surface area contributed by atoms with Crippen LogP contribution < -0.4 is 10.6 Å². The molecule has 0 spiro atoms. The van der Waals surface area contributed by atoms with E-state index in [0.717, 1.165) is 24.0 Å². The number of likely N-dealkylation sites (tertiary alicyclic amines) is 1. The third-order valence-corrected chi connectivity index (χ3v) is 12.0. The second kappa shape index (κ2) is 24.6. The van der Waals surface area contributed by atoms with Crippen LogP contribution in [0.3, 0.4) is 0 Å². The summed E-state index contributed by atoms with van der Waals surface area (Å²) in [5, 5.41) is 15.2. The molecule has 0 radical (unpaired) electrons. The average Bonchev–Trinajstić information content (AvgIpc) is 3.72. The summed E-state index contributed by atoms with van der Waals surface area (Å²) in [4.78, 5) is 85.1. The molecule has 14 nitrogen and oxygen atoms in total. The number of benzene rings is 2. The number of likely N-dealkylation sites (N-methyl/N-ethyl adjacent to an activating group) is 2. The molecule has 1 heterocycles. The van der Waals surface area contributed by atoms with Gasteiger partial charge in [0, 0.05) is 46.1 Å². The van der Waals surface area contributed by atoms with E-state index in [1.54, 1.807) is 48.0 Å². The largest absolute Gasteiger partial charge is 0.478 e. The van der Waals surface area contributed by atoms with Gasteiger partial charge in [-0.3, -0.25) is 24.1 Å². The minimum Gasteiger partial charge on any atom is -0.478 e. The first-order valence-corrected chi connectivity index (χ1v) is 21.8. The lowest BCUT2D eigenvalue weighted by atomic mass is 9.93. The fourth-order valence-corrected chi connectivity index (χ4v) is 8.50. The number of carboxylic acid groups (broad SMARTS) is 1. The van der Waals surface area contributed by atoms with Crippen LogP contribution in [-0.2, 0) is 46.3 Å². The van der Waals surface area contributed by atoms with Gasteiger partial charge >= 0.3 is 11.9 Å². The number of esters is 1. The molecular weight excluding hydrogens is 779 g/mol. The number of hydrogen-bond acceptors (Lipinski definition) is 9. The van der Waals surface area contributed by atoms with Gasteiger partial charge < -0.3 is 35.0 Å². The first kappa shape index (κ1) is 50.5. The van der Waals surface area contributed by atoms with Crippen molar-refractivity contribution in [1.29, 1.82) is 0 Å². The third kappa shape index (κ3) is 14.4. The molecule has 1 aliphatic heterocycles. The number of amides is 4. The number of carbonyl (C=O) groups excluding carboxylic acids is 5. The van der Waals surface area contributed by atoms with E-state index in [-0.39, 0.29) is 66.0 Å². The molecule has 1 unspecified atom stereocenters. The Labute approximate surface area is 363 Å². The van der Waals surface area contributed by atoms with Gasteiger partial charge in [-0.2, -0.15) is 0 Å². The monoisotopic (exact) mass is 850 g/mol. The van der Waals surface area contributed by atoms with Crippen LogP contribution in [0.2, 0.25) is 0 Å². The molecule has 61 heavy (non-hydrogen) atoms. The Balaban J connectivity index is 1.66. The zero-order valence-corrected chi connectivity index (χ0v) is 38.0. The zero-order valence-electron chi connectivity index (χ0n) is 38.0. The number of methoxy groups -OCH3 is 2. The van der Waals surface area contributed by atoms with Gasteiger partial charge in [0.25, 0.3) is 0 Å². The van der Waals surface area contributed by atoms with Crippen LogP contribution in [0.1, 0.15) is 102 Å². The van der Waals surface area contributed by atoms with Gasteiger partial charge in [0.05, 0.1) is 36.8 Å². The lowest BCUT2D eigenvalue weighted by Gasteiger charge is -2.36. The van der Waals surface area contributed by atoms with Gasteiger partial charge in [-0.25, -0.2) is 9.59 Å². The predicted octanol–water partition coefficient (Wildman–Crippen LogP) is 4.97. The Bertz CT molecular complexity index is 1740. The molecule has 2 aromatic carbocycles. The van der Waals surface area contributed by atoms with E-state index >= 15 is 0 Å². The van der Waals surface area contributed by atoms with Crippen molar-refractivity contribution in [2.75, 3.05) is 41.4 Å². The second-order valence-corrected chi connectivity index (χ2v) is 17.1. The Kier molecular flexibility index (Phi) is 20.4. The first-order chi connectivity index (χ1) is 28.9. The Morgan fingerprint density at radius 3 is 2.07 bits per heavy atom. The van der Waals surface area contributed by atoms with Crippen molar-refractivity contribution in [1.82, 2.24) is 25.3 Å². The second-order valence-electron chi connectivity index (χ2n) is 17.1. The minimum absolute atomic E-state index is 0.0558. The number of hydrogen-bond donors (Lipinski definition) is 3. The zero-order chi connectivity index (χ0) is 45.4. The number of ether oxygens (including phenoxy) is 2. The Morgan fingerprint density at radius 1 is 0.852 bits per heavy atom. The average molecular weight is 850 g/mol. The topological polar surface area (TPSA) is 175 Å². The molecule has 0 aromatic heterocycles. The minimum atomic E-state index is -0.982. The van der Waals surface area contributed by atoms with Crippen LogP contribution in [0.15, 0.2) is 54.6 Å². The summed E-state index contributed by atoms with van der Waals surface area (Å²) in [5.41, 5.74) is 2.05. The van der Waals surface area contributed by atoms with Crippen molar-refractivity contribution in [2.24, 2.45) is 17.8 Å². The van der Waals surface area contributed by atoms with Crippen molar-refractivity contribution >= 4 is 35.6 Å². The summed E-state index contributed by atoms with van der Waals surface area (Å²) in [7, 11) is 6.45. The summed E-state index contributed by atoms with van der Waals surface area (Å²) in [5.74, 6) is -3.38. The summed E-state index contributed by atoms with van der Waals surface area (Å²) >= 11 is 0. The van der Waals surface area contributed by atoms with Crippen molar-refractivity contribution in [3.05, 3.63) is 71.3 Å². The molecule has 2 aromatic rings. The highest BCUT2D eigenvalue weighted by molar-refractivity contribution is 5.90. The maximum Gasteiger partial charge on any atom is 0.335 e. The Hall–Kier alpha value is -4.82. The molecule has 338 valence electrons. The molecule has 1 fully saturated rings. The molecule has 1 aliphatic rings. The van der Waals surface area contributed by atoms with Gasteiger partial charge in [-0.15, -0.1) is 0 Å². The van der Waals surface area contributed by atoms with Crippen molar-refractivity contribution < 1.29 is 43.3 Å². The molecule has 0 bridgehead atoms. The molecule has 3 N–H and O–H groups in total. The molecule has 14 heteroatoms. The highest BCUT2D eigenvalue weighted by Gasteiger charge is 2.41. The maximum atomic E-state index is 14.2. The van der Waals surface area contributed by atoms with Crippen molar-refractivity contribution in [3.63, 3.8) is 0 Å². The number of carbonyl (C=O) groups is 6. The molecule has 0 saturated carbocycles. The molecule has 7 atom stereocenters. The van der Waals surface area contributed by atoms with Gasteiger partial charge in [0.1, 0.15) is 12.1 Å². The number of aromatic carboxylic acids is 1. The molecule has 1 saturated heterocycles. The quantitative estimate of drug-likeness (QED) is 0.122. The van der Waals surface area contributed by atoms with Crippen LogP contribution in [-0.4, -0.2) is 133 Å². The predicted molar refractivity (Wildman–Crippen MR) is 235 cm³/mol. The van der Waals surface area contributed by atoms with E-state index in [2.05, 4.69) is 10.6 Å². The van der Waals surface area contributed by atoms with Crippen LogP contribution in [0.25, 0.3) is 0 Å². The van der Waals surface area contributed by atoms with Crippen molar-refractivity contribution in [2.45, 2.75) is 129 Å². The number of nitrogens with one attached hydrogen (secondary N) is 2. The first-order valence-electron chi connectivity index (χ1n) is 21.8. The molecule has 4 amide bonds. The third-order valence-electron chi connectivity index (χ3n) is 12.0. The SMILES string of the molecule is CCC[C@@H](CCC(=O)N1CCC[C@H]1[C@H](OC)[C@@H](C)C(=O)N[C@@H](Cc1ccccc1)C(=O)OC)N(C)C(=O)[C@@H](NC(=O)C(C(C)C)N(C)CCc1ccc(C(=O)O)cc1)C(C)C. The highest BCUT2D eigenvalue weighted by Crippen LogP contribution is 2.28. The smallest absolute Gasteiger partial charge is 0.335 e. The van der Waals surface area contributed by atoms with Crippen LogP contribution in [0, 0.1) is 17.8 Å². The van der Waals surface area contributed by atoms with E-state index in [0.29, 0.717) is 38.8 Å². The van der Waals surface area contributed by atoms with Gasteiger partial charge in [0.2, 0.25) is 23.6 Å². The standard InChI is InChI=1S/C47H71N5O9/c1-11-16-36(51(8)45(56)40(30(2)3)49-44(55)41(31(4)5)50(7)28-26-33-20-22-35(23-21-33)46(57)58)24-25-39(53)52-27-15-19-38(52)42(60-9)32(6)43(54)48-37(47(59)61-10)29-34-17-13-12-14-18-34/h12-14,17-18,20-23,30-32,36-38,40-42H,11,15-16,19,24-29H2,1-10H3,(H,48,54)(H,49,55)(H,57,58)/t32-,36+,37+,38+,40+,41?,42-/m1/s1. The van der Waals surface area contributed by atoms with Crippen LogP contribution in [0.5, 0.6) is 0 Å². The summed E-state index contributed by atoms with van der Waals surface area (Å²) in [6, 6.07) is 13.3. The number of rotatable bonds is 24. The van der Waals surface area contributed by atoms with E-state index in [1.807, 2.05) is 76.9 Å². The maximum absolute atomic E-state index is 14.2.